The summed E-state index contributed by atoms with van der Waals surface area (Å²) in [4.78, 5) is 24.3. The number of alkyl halides is 3. The number of hydrogen-bond acceptors (Lipinski definition) is 4. The third-order valence-electron chi connectivity index (χ3n) is 5.45. The Morgan fingerprint density at radius 2 is 1.80 bits per heavy atom. The van der Waals surface area contributed by atoms with Crippen LogP contribution < -0.4 is 0 Å². The average molecular weight is 430 g/mol. The SMILES string of the molecule is CN(CC(=O)O)C1CCCN(Cc2cccc(C3CC3)c2)CC1.O=C(O)C(F)(F)F. The minimum Gasteiger partial charge on any atom is -0.480 e. The standard InChI is InChI=1S/C19H28N2O2.C2HF3O2/c1-20(14-19(22)23)18-6-3-10-21(11-9-18)13-15-4-2-5-17(12-15)16-7-8-16;3-2(4,5)1(6)7/h2,4-5,12,16,18H,3,6-11,13-14H2,1H3,(H,22,23);(H,6,7). The fourth-order valence-electron chi connectivity index (χ4n) is 3.70. The second-order valence-electron chi connectivity index (χ2n) is 7.99. The van der Waals surface area contributed by atoms with Crippen LogP contribution in [-0.2, 0) is 16.1 Å². The van der Waals surface area contributed by atoms with Crippen LogP contribution in [0.1, 0.15) is 49.1 Å². The Balaban J connectivity index is 0.000000396. The van der Waals surface area contributed by atoms with Gasteiger partial charge in [-0.15, -0.1) is 0 Å². The summed E-state index contributed by atoms with van der Waals surface area (Å²) in [5, 5.41) is 16.1. The highest BCUT2D eigenvalue weighted by Crippen LogP contribution is 2.40. The zero-order valence-electron chi connectivity index (χ0n) is 17.1. The molecule has 1 aliphatic carbocycles. The summed E-state index contributed by atoms with van der Waals surface area (Å²) in [5.41, 5.74) is 2.93. The van der Waals surface area contributed by atoms with Crippen LogP contribution in [0.5, 0.6) is 0 Å². The number of likely N-dealkylation sites (tertiary alicyclic amines) is 1. The molecule has 2 fully saturated rings. The Morgan fingerprint density at radius 1 is 1.13 bits per heavy atom. The van der Waals surface area contributed by atoms with Gasteiger partial charge in [0.05, 0.1) is 6.54 Å². The lowest BCUT2D eigenvalue weighted by atomic mass is 10.1. The first-order chi connectivity index (χ1) is 14.1. The Hall–Kier alpha value is -2.13. The van der Waals surface area contributed by atoms with E-state index in [1.807, 2.05) is 11.9 Å². The van der Waals surface area contributed by atoms with Gasteiger partial charge in [-0.2, -0.15) is 13.2 Å². The number of carboxylic acid groups (broad SMARTS) is 2. The number of carboxylic acids is 2. The van der Waals surface area contributed by atoms with Crippen LogP contribution >= 0.6 is 0 Å². The molecule has 1 saturated carbocycles. The summed E-state index contributed by atoms with van der Waals surface area (Å²) in [7, 11) is 1.94. The molecular formula is C21H29F3N2O4. The smallest absolute Gasteiger partial charge is 0.480 e. The molecule has 1 aliphatic heterocycles. The molecule has 168 valence electrons. The van der Waals surface area contributed by atoms with Crippen LogP contribution in [0.2, 0.25) is 0 Å². The van der Waals surface area contributed by atoms with Crippen LogP contribution in [0.15, 0.2) is 24.3 Å². The Morgan fingerprint density at radius 3 is 2.37 bits per heavy atom. The van der Waals surface area contributed by atoms with Crippen LogP contribution in [0.25, 0.3) is 0 Å². The number of halogens is 3. The van der Waals surface area contributed by atoms with Crippen molar-refractivity contribution in [1.82, 2.24) is 9.80 Å². The van der Waals surface area contributed by atoms with Gasteiger partial charge in [0.15, 0.2) is 0 Å². The van der Waals surface area contributed by atoms with Gasteiger partial charge in [0.1, 0.15) is 0 Å². The molecule has 0 spiro atoms. The topological polar surface area (TPSA) is 81.1 Å². The Labute approximate surface area is 174 Å². The summed E-state index contributed by atoms with van der Waals surface area (Å²) in [6, 6.07) is 9.49. The van der Waals surface area contributed by atoms with E-state index in [0.29, 0.717) is 6.04 Å². The predicted octanol–water partition coefficient (Wildman–Crippen LogP) is 3.57. The Bertz CT molecular complexity index is 722. The van der Waals surface area contributed by atoms with Crippen molar-refractivity contribution in [3.8, 4) is 0 Å². The van der Waals surface area contributed by atoms with Crippen molar-refractivity contribution in [2.45, 2.75) is 56.8 Å². The molecule has 30 heavy (non-hydrogen) atoms. The van der Waals surface area contributed by atoms with Crippen molar-refractivity contribution in [2.24, 2.45) is 0 Å². The molecule has 1 atom stereocenters. The molecule has 1 heterocycles. The highest BCUT2D eigenvalue weighted by molar-refractivity contribution is 5.73. The van der Waals surface area contributed by atoms with Gasteiger partial charge in [0, 0.05) is 12.6 Å². The maximum atomic E-state index is 10.9. The number of rotatable bonds is 6. The van der Waals surface area contributed by atoms with Gasteiger partial charge in [-0.3, -0.25) is 14.6 Å². The maximum absolute atomic E-state index is 10.9. The van der Waals surface area contributed by atoms with Crippen molar-refractivity contribution in [3.05, 3.63) is 35.4 Å². The van der Waals surface area contributed by atoms with E-state index in [0.717, 1.165) is 44.8 Å². The summed E-state index contributed by atoms with van der Waals surface area (Å²) in [6.07, 6.45) is 0.931. The van der Waals surface area contributed by atoms with Gasteiger partial charge < -0.3 is 10.2 Å². The van der Waals surface area contributed by atoms with E-state index in [1.54, 1.807) is 0 Å². The van der Waals surface area contributed by atoms with E-state index in [9.17, 15) is 18.0 Å². The third-order valence-corrected chi connectivity index (χ3v) is 5.45. The Kier molecular flexibility index (Phi) is 8.66. The second kappa shape index (κ2) is 10.8. The maximum Gasteiger partial charge on any atom is 0.490 e. The molecule has 3 rings (SSSR count). The second-order valence-corrected chi connectivity index (χ2v) is 7.99. The van der Waals surface area contributed by atoms with Gasteiger partial charge >= 0.3 is 18.1 Å². The first-order valence-corrected chi connectivity index (χ1v) is 10.1. The highest BCUT2D eigenvalue weighted by atomic mass is 19.4. The van der Waals surface area contributed by atoms with E-state index in [2.05, 4.69) is 29.2 Å². The number of benzene rings is 1. The number of nitrogens with zero attached hydrogens (tertiary/aromatic N) is 2. The fraction of sp³-hybridized carbons (Fsp3) is 0.619. The molecular weight excluding hydrogens is 401 g/mol. The molecule has 0 amide bonds. The van der Waals surface area contributed by atoms with Crippen molar-refractivity contribution in [2.75, 3.05) is 26.7 Å². The fourth-order valence-corrected chi connectivity index (χ4v) is 3.70. The van der Waals surface area contributed by atoms with Gasteiger partial charge in [-0.1, -0.05) is 24.3 Å². The number of likely N-dealkylation sites (N-methyl/N-ethyl adjacent to an activating group) is 1. The van der Waals surface area contributed by atoms with Crippen LogP contribution in [0.3, 0.4) is 0 Å². The molecule has 0 aromatic heterocycles. The molecule has 1 aromatic carbocycles. The molecule has 9 heteroatoms. The number of hydrogen-bond donors (Lipinski definition) is 2. The van der Waals surface area contributed by atoms with E-state index in [-0.39, 0.29) is 6.54 Å². The average Bonchev–Trinajstić information content (AvgIpc) is 3.49. The molecule has 1 saturated heterocycles. The minimum atomic E-state index is -5.08. The predicted molar refractivity (Wildman–Crippen MR) is 105 cm³/mol. The first-order valence-electron chi connectivity index (χ1n) is 10.1. The monoisotopic (exact) mass is 430 g/mol. The third kappa shape index (κ3) is 8.31. The first kappa shape index (κ1) is 24.1. The number of carbonyl (C=O) groups is 2. The van der Waals surface area contributed by atoms with E-state index < -0.39 is 18.1 Å². The lowest BCUT2D eigenvalue weighted by Crippen LogP contribution is -2.36. The molecule has 1 aromatic rings. The van der Waals surface area contributed by atoms with Gasteiger partial charge in [0.2, 0.25) is 0 Å². The summed E-state index contributed by atoms with van der Waals surface area (Å²) in [5.74, 6) is -2.67. The molecule has 6 nitrogen and oxygen atoms in total. The van der Waals surface area contributed by atoms with E-state index in [1.165, 1.54) is 24.0 Å². The highest BCUT2D eigenvalue weighted by Gasteiger charge is 2.38. The van der Waals surface area contributed by atoms with Crippen LogP contribution in [-0.4, -0.2) is 70.9 Å². The quantitative estimate of drug-likeness (QED) is 0.718. The molecule has 0 bridgehead atoms. The largest absolute Gasteiger partial charge is 0.490 e. The van der Waals surface area contributed by atoms with Crippen LogP contribution in [0, 0.1) is 0 Å². The van der Waals surface area contributed by atoms with Gasteiger partial charge in [-0.05, 0) is 69.3 Å². The van der Waals surface area contributed by atoms with Crippen molar-refractivity contribution in [1.29, 1.82) is 0 Å². The summed E-state index contributed by atoms with van der Waals surface area (Å²) in [6.45, 7) is 3.34. The molecule has 0 radical (unpaired) electrons. The summed E-state index contributed by atoms with van der Waals surface area (Å²) < 4.78 is 31.7. The molecule has 2 aliphatic rings. The molecule has 1 unspecified atom stereocenters. The lowest BCUT2D eigenvalue weighted by molar-refractivity contribution is -0.192. The zero-order chi connectivity index (χ0) is 22.3. The van der Waals surface area contributed by atoms with Crippen molar-refractivity contribution < 1.29 is 33.0 Å². The van der Waals surface area contributed by atoms with Crippen molar-refractivity contribution >= 4 is 11.9 Å². The van der Waals surface area contributed by atoms with Gasteiger partial charge in [0.25, 0.3) is 0 Å². The number of aliphatic carboxylic acids is 2. The van der Waals surface area contributed by atoms with Gasteiger partial charge in [-0.25, -0.2) is 4.79 Å². The molecule has 2 N–H and O–H groups in total. The summed E-state index contributed by atoms with van der Waals surface area (Å²) >= 11 is 0. The van der Waals surface area contributed by atoms with E-state index in [4.69, 9.17) is 15.0 Å². The zero-order valence-corrected chi connectivity index (χ0v) is 17.1. The van der Waals surface area contributed by atoms with Crippen LogP contribution in [0.4, 0.5) is 13.2 Å². The normalized spacial score (nSPS) is 20.2. The van der Waals surface area contributed by atoms with E-state index >= 15 is 0 Å². The minimum absolute atomic E-state index is 0.147. The van der Waals surface area contributed by atoms with Crippen molar-refractivity contribution in [3.63, 3.8) is 0 Å². The lowest BCUT2D eigenvalue weighted by Gasteiger charge is -2.25.